The number of carbonyl (C=O) groups is 3. The first kappa shape index (κ1) is 14.6. The molecule has 0 aromatic heterocycles. The Morgan fingerprint density at radius 2 is 1.95 bits per heavy atom. The number of nitrogens with one attached hydrogen (secondary N) is 2. The first-order valence-corrected chi connectivity index (χ1v) is 7.06. The number of hydrogen-bond acceptors (Lipinski definition) is 3. The number of urea groups is 1. The van der Waals surface area contributed by atoms with Crippen molar-refractivity contribution >= 4 is 17.9 Å². The van der Waals surface area contributed by atoms with Gasteiger partial charge < -0.3 is 20.6 Å². The van der Waals surface area contributed by atoms with E-state index in [2.05, 4.69) is 10.6 Å². The predicted octanol–water partition coefficient (Wildman–Crippen LogP) is 0.160. The first-order valence-electron chi connectivity index (χ1n) is 7.06. The van der Waals surface area contributed by atoms with Gasteiger partial charge in [-0.25, -0.2) is 4.79 Å². The fourth-order valence-corrected chi connectivity index (χ4v) is 2.26. The Kier molecular flexibility index (Phi) is 4.46. The molecule has 3 N–H and O–H groups in total. The van der Waals surface area contributed by atoms with E-state index in [1.807, 2.05) is 0 Å². The number of aliphatic carboxylic acids is 1. The van der Waals surface area contributed by atoms with Crippen LogP contribution >= 0.6 is 0 Å². The fraction of sp³-hybridized carbons (Fsp3) is 0.769. The van der Waals surface area contributed by atoms with Gasteiger partial charge in [0.2, 0.25) is 5.91 Å². The Morgan fingerprint density at radius 3 is 2.55 bits per heavy atom. The van der Waals surface area contributed by atoms with E-state index in [4.69, 9.17) is 5.11 Å². The fourth-order valence-electron chi connectivity index (χ4n) is 2.26. The molecule has 1 aliphatic carbocycles. The third-order valence-corrected chi connectivity index (χ3v) is 3.71. The van der Waals surface area contributed by atoms with Crippen molar-refractivity contribution in [1.82, 2.24) is 15.5 Å². The van der Waals surface area contributed by atoms with Crippen molar-refractivity contribution in [3.8, 4) is 0 Å². The molecule has 0 aromatic carbocycles. The topological polar surface area (TPSA) is 98.7 Å². The predicted molar refractivity (Wildman–Crippen MR) is 71.1 cm³/mol. The van der Waals surface area contributed by atoms with Crippen molar-refractivity contribution in [3.05, 3.63) is 0 Å². The number of carbonyl (C=O) groups excluding carboxylic acids is 2. The van der Waals surface area contributed by atoms with Gasteiger partial charge in [-0.2, -0.15) is 0 Å². The number of carboxylic acids is 1. The second-order valence-corrected chi connectivity index (χ2v) is 5.58. The number of piperidine rings is 1. The minimum absolute atomic E-state index is 0.187. The standard InChI is InChI=1S/C13H21N3O4/c1-8(11(17)15-10-4-5-10)14-13(20)16-6-2-3-9(7-16)12(18)19/h8-10H,2-7H2,1H3,(H,14,20)(H,15,17)(H,18,19)/t8?,9-/m0/s1. The summed E-state index contributed by atoms with van der Waals surface area (Å²) in [5.74, 6) is -1.57. The maximum Gasteiger partial charge on any atom is 0.318 e. The summed E-state index contributed by atoms with van der Waals surface area (Å²) in [7, 11) is 0. The van der Waals surface area contributed by atoms with Crippen LogP contribution in [-0.2, 0) is 9.59 Å². The SMILES string of the molecule is CC(NC(=O)N1CCC[C@H](C(=O)O)C1)C(=O)NC1CC1. The average Bonchev–Trinajstić information content (AvgIpc) is 3.22. The van der Waals surface area contributed by atoms with Crippen LogP contribution in [0.5, 0.6) is 0 Å². The van der Waals surface area contributed by atoms with Crippen LogP contribution in [0.25, 0.3) is 0 Å². The Labute approximate surface area is 117 Å². The van der Waals surface area contributed by atoms with Crippen LogP contribution < -0.4 is 10.6 Å². The average molecular weight is 283 g/mol. The smallest absolute Gasteiger partial charge is 0.318 e. The number of carboxylic acid groups (broad SMARTS) is 1. The van der Waals surface area contributed by atoms with E-state index in [0.29, 0.717) is 19.4 Å². The normalized spacial score (nSPS) is 23.9. The summed E-state index contributed by atoms with van der Waals surface area (Å²) in [5.41, 5.74) is 0. The summed E-state index contributed by atoms with van der Waals surface area (Å²) in [6.45, 7) is 2.37. The highest BCUT2D eigenvalue weighted by molar-refractivity contribution is 5.87. The molecule has 0 aromatic rings. The van der Waals surface area contributed by atoms with E-state index >= 15 is 0 Å². The van der Waals surface area contributed by atoms with E-state index in [-0.39, 0.29) is 24.5 Å². The van der Waals surface area contributed by atoms with Gasteiger partial charge in [0, 0.05) is 19.1 Å². The van der Waals surface area contributed by atoms with Crippen LogP contribution in [0.2, 0.25) is 0 Å². The van der Waals surface area contributed by atoms with E-state index in [9.17, 15) is 14.4 Å². The second-order valence-electron chi connectivity index (χ2n) is 5.58. The number of hydrogen-bond donors (Lipinski definition) is 3. The maximum atomic E-state index is 12.0. The zero-order chi connectivity index (χ0) is 14.7. The first-order chi connectivity index (χ1) is 9.47. The van der Waals surface area contributed by atoms with Gasteiger partial charge in [-0.3, -0.25) is 9.59 Å². The van der Waals surface area contributed by atoms with Crippen LogP contribution in [0.15, 0.2) is 0 Å². The quantitative estimate of drug-likeness (QED) is 0.684. The molecule has 20 heavy (non-hydrogen) atoms. The number of rotatable bonds is 4. The van der Waals surface area contributed by atoms with Crippen molar-refractivity contribution in [2.24, 2.45) is 5.92 Å². The Bertz CT molecular complexity index is 408. The van der Waals surface area contributed by atoms with Crippen molar-refractivity contribution in [2.45, 2.75) is 44.7 Å². The highest BCUT2D eigenvalue weighted by Gasteiger charge is 2.30. The monoisotopic (exact) mass is 283 g/mol. The maximum absolute atomic E-state index is 12.0. The Balaban J connectivity index is 1.80. The van der Waals surface area contributed by atoms with Gasteiger partial charge in [0.05, 0.1) is 5.92 Å². The van der Waals surface area contributed by atoms with Gasteiger partial charge in [0.25, 0.3) is 0 Å². The molecule has 0 spiro atoms. The van der Waals surface area contributed by atoms with E-state index < -0.39 is 17.9 Å². The molecule has 7 nitrogen and oxygen atoms in total. The molecule has 3 amide bonds. The molecule has 112 valence electrons. The zero-order valence-electron chi connectivity index (χ0n) is 11.6. The number of amides is 3. The van der Waals surface area contributed by atoms with Gasteiger partial charge in [-0.1, -0.05) is 0 Å². The van der Waals surface area contributed by atoms with E-state index in [0.717, 1.165) is 12.8 Å². The summed E-state index contributed by atoms with van der Waals surface area (Å²) in [6.07, 6.45) is 3.27. The third-order valence-electron chi connectivity index (χ3n) is 3.71. The molecule has 1 heterocycles. The molecule has 0 bridgehead atoms. The molecule has 2 rings (SSSR count). The van der Waals surface area contributed by atoms with Gasteiger partial charge in [-0.15, -0.1) is 0 Å². The molecule has 0 radical (unpaired) electrons. The minimum Gasteiger partial charge on any atom is -0.481 e. The van der Waals surface area contributed by atoms with E-state index in [1.165, 1.54) is 4.90 Å². The molecule has 2 atom stereocenters. The minimum atomic E-state index is -0.873. The summed E-state index contributed by atoms with van der Waals surface area (Å²) in [6, 6.07) is -0.712. The molecule has 1 unspecified atom stereocenters. The lowest BCUT2D eigenvalue weighted by Crippen LogP contribution is -2.52. The molecule has 2 aliphatic rings. The third kappa shape index (κ3) is 3.85. The number of nitrogens with zero attached hydrogens (tertiary/aromatic N) is 1. The Morgan fingerprint density at radius 1 is 1.25 bits per heavy atom. The summed E-state index contributed by atoms with van der Waals surface area (Å²) >= 11 is 0. The molecule has 1 saturated carbocycles. The molecule has 1 aliphatic heterocycles. The van der Waals surface area contributed by atoms with Crippen molar-refractivity contribution in [2.75, 3.05) is 13.1 Å². The lowest BCUT2D eigenvalue weighted by molar-refractivity contribution is -0.143. The van der Waals surface area contributed by atoms with Crippen molar-refractivity contribution in [3.63, 3.8) is 0 Å². The largest absolute Gasteiger partial charge is 0.481 e. The van der Waals surface area contributed by atoms with Crippen LogP contribution in [-0.4, -0.2) is 53.1 Å². The van der Waals surface area contributed by atoms with Gasteiger partial charge in [0.1, 0.15) is 6.04 Å². The lowest BCUT2D eigenvalue weighted by atomic mass is 9.99. The molecular weight excluding hydrogens is 262 g/mol. The summed E-state index contributed by atoms with van der Waals surface area (Å²) in [5, 5.41) is 14.4. The zero-order valence-corrected chi connectivity index (χ0v) is 11.6. The van der Waals surface area contributed by atoms with Crippen LogP contribution in [0.4, 0.5) is 4.79 Å². The molecule has 2 fully saturated rings. The highest BCUT2D eigenvalue weighted by atomic mass is 16.4. The van der Waals surface area contributed by atoms with Crippen LogP contribution in [0.1, 0.15) is 32.6 Å². The van der Waals surface area contributed by atoms with E-state index in [1.54, 1.807) is 6.92 Å². The van der Waals surface area contributed by atoms with Crippen LogP contribution in [0.3, 0.4) is 0 Å². The Hall–Kier alpha value is -1.79. The lowest BCUT2D eigenvalue weighted by Gasteiger charge is -2.31. The number of likely N-dealkylation sites (tertiary alicyclic amines) is 1. The molecule has 1 saturated heterocycles. The van der Waals surface area contributed by atoms with Gasteiger partial charge in [-0.05, 0) is 32.6 Å². The summed E-state index contributed by atoms with van der Waals surface area (Å²) in [4.78, 5) is 36.2. The van der Waals surface area contributed by atoms with Crippen molar-refractivity contribution in [1.29, 1.82) is 0 Å². The molecule has 7 heteroatoms. The molecular formula is C13H21N3O4. The second kappa shape index (κ2) is 6.11. The highest BCUT2D eigenvalue weighted by Crippen LogP contribution is 2.19. The van der Waals surface area contributed by atoms with Gasteiger partial charge in [0.15, 0.2) is 0 Å². The van der Waals surface area contributed by atoms with Crippen LogP contribution in [0, 0.1) is 5.92 Å². The van der Waals surface area contributed by atoms with Crippen molar-refractivity contribution < 1.29 is 19.5 Å². The van der Waals surface area contributed by atoms with Gasteiger partial charge >= 0.3 is 12.0 Å². The summed E-state index contributed by atoms with van der Waals surface area (Å²) < 4.78 is 0.